The average Bonchev–Trinajstić information content (AvgIpc) is 1.85. The van der Waals surface area contributed by atoms with Crippen molar-refractivity contribution in [2.75, 3.05) is 0 Å². The first-order valence-corrected chi connectivity index (χ1v) is 2.93. The Balaban J connectivity index is 3.25. The summed E-state index contributed by atoms with van der Waals surface area (Å²) >= 11 is 0. The Morgan fingerprint density at radius 2 is 1.55 bits per heavy atom. The summed E-state index contributed by atoms with van der Waals surface area (Å²) in [7, 11) is 0. The van der Waals surface area contributed by atoms with E-state index >= 15 is 0 Å². The molecular weight excluding hydrogens is 155 g/mol. The summed E-state index contributed by atoms with van der Waals surface area (Å²) in [6.07, 6.45) is 0. The molecule has 0 amide bonds. The fraction of sp³-hybridized carbons (Fsp3) is 0.143. The highest BCUT2D eigenvalue weighted by molar-refractivity contribution is 5.20. The zero-order chi connectivity index (χ0) is 8.43. The van der Waals surface area contributed by atoms with Crippen molar-refractivity contribution in [2.24, 2.45) is 0 Å². The van der Waals surface area contributed by atoms with Gasteiger partial charge < -0.3 is 0 Å². The predicted octanol–water partition coefficient (Wildman–Crippen LogP) is 1.89. The van der Waals surface area contributed by atoms with Crippen LogP contribution in [0.1, 0.15) is 5.56 Å². The molecule has 1 radical (unpaired) electrons. The maximum atomic E-state index is 12.5. The first-order chi connectivity index (χ1) is 5.15. The molecule has 0 aliphatic rings. The zero-order valence-corrected chi connectivity index (χ0v) is 5.50. The summed E-state index contributed by atoms with van der Waals surface area (Å²) in [5.41, 5.74) is 6.30. The van der Waals surface area contributed by atoms with Gasteiger partial charge in [0.05, 0.1) is 0 Å². The van der Waals surface area contributed by atoms with Crippen LogP contribution in [0.3, 0.4) is 0 Å². The molecule has 0 bridgehead atoms. The number of hydrogen-bond donors (Lipinski definition) is 0. The molecular formula is C7H5F3N. The van der Waals surface area contributed by atoms with E-state index in [9.17, 15) is 13.2 Å². The highest BCUT2D eigenvalue weighted by Crippen LogP contribution is 2.13. The largest absolute Gasteiger partial charge is 0.253 e. The fourth-order valence-electron chi connectivity index (χ4n) is 0.741. The van der Waals surface area contributed by atoms with E-state index in [0.717, 1.165) is 0 Å². The molecule has 0 heterocycles. The molecule has 0 aliphatic heterocycles. The van der Waals surface area contributed by atoms with Crippen LogP contribution < -0.4 is 5.73 Å². The Hall–Kier alpha value is -1.03. The third kappa shape index (κ3) is 1.51. The van der Waals surface area contributed by atoms with Gasteiger partial charge in [-0.15, -0.1) is 0 Å². The van der Waals surface area contributed by atoms with Crippen LogP contribution >= 0.6 is 0 Å². The van der Waals surface area contributed by atoms with Gasteiger partial charge in [-0.2, -0.15) is 0 Å². The minimum absolute atomic E-state index is 0.397. The van der Waals surface area contributed by atoms with Crippen molar-refractivity contribution < 1.29 is 13.2 Å². The first-order valence-electron chi connectivity index (χ1n) is 2.93. The number of nitrogens with one attached hydrogen (secondary N) is 1. The molecule has 0 aromatic heterocycles. The molecule has 1 N–H and O–H groups in total. The van der Waals surface area contributed by atoms with Gasteiger partial charge in [-0.25, -0.2) is 13.2 Å². The molecule has 1 aromatic rings. The molecule has 0 aliphatic carbocycles. The molecule has 0 spiro atoms. The highest BCUT2D eigenvalue weighted by atomic mass is 19.1. The summed E-state index contributed by atoms with van der Waals surface area (Å²) in [6, 6.07) is 1.12. The Kier molecular flexibility index (Phi) is 2.14. The summed E-state index contributed by atoms with van der Waals surface area (Å²) < 4.78 is 37.2. The lowest BCUT2D eigenvalue weighted by Crippen LogP contribution is -1.97. The van der Waals surface area contributed by atoms with Gasteiger partial charge in [-0.1, -0.05) is 0 Å². The lowest BCUT2D eigenvalue weighted by atomic mass is 10.2. The summed E-state index contributed by atoms with van der Waals surface area (Å²) in [5.74, 6) is -2.97. The Morgan fingerprint density at radius 1 is 1.09 bits per heavy atom. The van der Waals surface area contributed by atoms with E-state index in [0.29, 0.717) is 12.1 Å². The maximum Gasteiger partial charge on any atom is 0.133 e. The van der Waals surface area contributed by atoms with Crippen LogP contribution in [0.5, 0.6) is 0 Å². The van der Waals surface area contributed by atoms with Crippen molar-refractivity contribution >= 4 is 0 Å². The van der Waals surface area contributed by atoms with E-state index in [1.807, 2.05) is 0 Å². The Morgan fingerprint density at radius 3 is 1.91 bits per heavy atom. The second-order valence-corrected chi connectivity index (χ2v) is 2.02. The Bertz CT molecular complexity index is 249. The minimum atomic E-state index is -1.00. The standard InChI is InChI=1S/C7H5F3N/c8-4-1-6(9)5(3-11)7(10)2-4/h1-2,11H,3H2. The fourth-order valence-corrected chi connectivity index (χ4v) is 0.741. The van der Waals surface area contributed by atoms with Crippen molar-refractivity contribution in [2.45, 2.75) is 6.54 Å². The van der Waals surface area contributed by atoms with Crippen LogP contribution in [0.2, 0.25) is 0 Å². The quantitative estimate of drug-likeness (QED) is 0.599. The third-order valence-corrected chi connectivity index (χ3v) is 1.28. The van der Waals surface area contributed by atoms with E-state index in [1.54, 1.807) is 0 Å². The minimum Gasteiger partial charge on any atom is -0.253 e. The van der Waals surface area contributed by atoms with Crippen LogP contribution in [0.25, 0.3) is 0 Å². The monoisotopic (exact) mass is 160 g/mol. The van der Waals surface area contributed by atoms with Gasteiger partial charge in [0.15, 0.2) is 0 Å². The zero-order valence-electron chi connectivity index (χ0n) is 5.50. The van der Waals surface area contributed by atoms with Crippen molar-refractivity contribution in [1.29, 1.82) is 0 Å². The van der Waals surface area contributed by atoms with Crippen LogP contribution in [0.4, 0.5) is 13.2 Å². The topological polar surface area (TPSA) is 23.8 Å². The van der Waals surface area contributed by atoms with Crippen molar-refractivity contribution in [1.82, 2.24) is 5.73 Å². The van der Waals surface area contributed by atoms with E-state index in [4.69, 9.17) is 5.73 Å². The van der Waals surface area contributed by atoms with E-state index in [-0.39, 0.29) is 0 Å². The van der Waals surface area contributed by atoms with Crippen molar-refractivity contribution in [3.8, 4) is 0 Å². The number of hydrogen-bond acceptors (Lipinski definition) is 0. The molecule has 1 rings (SSSR count). The van der Waals surface area contributed by atoms with Crippen LogP contribution in [-0.4, -0.2) is 0 Å². The third-order valence-electron chi connectivity index (χ3n) is 1.28. The molecule has 11 heavy (non-hydrogen) atoms. The van der Waals surface area contributed by atoms with Gasteiger partial charge in [0, 0.05) is 24.2 Å². The molecule has 4 heteroatoms. The first kappa shape index (κ1) is 8.07. The van der Waals surface area contributed by atoms with E-state index in [1.165, 1.54) is 0 Å². The van der Waals surface area contributed by atoms with Crippen LogP contribution in [-0.2, 0) is 6.54 Å². The van der Waals surface area contributed by atoms with Gasteiger partial charge in [0.2, 0.25) is 0 Å². The lowest BCUT2D eigenvalue weighted by molar-refractivity contribution is 0.523. The highest BCUT2D eigenvalue weighted by Gasteiger charge is 2.08. The lowest BCUT2D eigenvalue weighted by Gasteiger charge is -1.99. The Labute approximate surface area is 61.6 Å². The average molecular weight is 160 g/mol. The van der Waals surface area contributed by atoms with Gasteiger partial charge in [0.25, 0.3) is 0 Å². The summed E-state index contributed by atoms with van der Waals surface area (Å²) in [4.78, 5) is 0. The molecule has 59 valence electrons. The van der Waals surface area contributed by atoms with E-state index in [2.05, 4.69) is 0 Å². The number of benzene rings is 1. The van der Waals surface area contributed by atoms with Crippen LogP contribution in [0.15, 0.2) is 12.1 Å². The number of rotatable bonds is 1. The number of halogens is 3. The van der Waals surface area contributed by atoms with Crippen molar-refractivity contribution in [3.05, 3.63) is 35.1 Å². The SMILES string of the molecule is [NH]Cc1c(F)cc(F)cc1F. The second-order valence-electron chi connectivity index (χ2n) is 2.02. The second kappa shape index (κ2) is 2.92. The molecule has 1 aromatic carbocycles. The van der Waals surface area contributed by atoms with Crippen molar-refractivity contribution in [3.63, 3.8) is 0 Å². The van der Waals surface area contributed by atoms with Crippen LogP contribution in [0, 0.1) is 17.5 Å². The van der Waals surface area contributed by atoms with Gasteiger partial charge >= 0.3 is 0 Å². The van der Waals surface area contributed by atoms with E-state index < -0.39 is 29.6 Å². The smallest absolute Gasteiger partial charge is 0.133 e. The summed E-state index contributed by atoms with van der Waals surface area (Å²) in [5, 5.41) is 0. The molecule has 0 saturated heterocycles. The van der Waals surface area contributed by atoms with Gasteiger partial charge in [0.1, 0.15) is 17.5 Å². The predicted molar refractivity (Wildman–Crippen MR) is 33.1 cm³/mol. The normalized spacial score (nSPS) is 10.2. The summed E-state index contributed by atoms with van der Waals surface area (Å²) in [6.45, 7) is -0.516. The van der Waals surface area contributed by atoms with Gasteiger partial charge in [-0.05, 0) is 0 Å². The van der Waals surface area contributed by atoms with Gasteiger partial charge in [-0.3, -0.25) is 5.73 Å². The molecule has 1 nitrogen and oxygen atoms in total. The molecule has 0 saturated carbocycles. The molecule has 0 unspecified atom stereocenters. The molecule has 0 atom stereocenters. The maximum absolute atomic E-state index is 12.5. The molecule has 0 fully saturated rings.